The molecule has 0 saturated carbocycles. The molecule has 25 heavy (non-hydrogen) atoms. The summed E-state index contributed by atoms with van der Waals surface area (Å²) in [5.41, 5.74) is 1.07. The van der Waals surface area contributed by atoms with Gasteiger partial charge in [0, 0.05) is 18.5 Å². The van der Waals surface area contributed by atoms with E-state index >= 15 is 0 Å². The SMILES string of the molecule is CCOc1ncccc1C(=O)N1CCSC1=Nc1ccc(Cl)c(Cl)c1. The van der Waals surface area contributed by atoms with Gasteiger partial charge in [0.25, 0.3) is 5.91 Å². The van der Waals surface area contributed by atoms with E-state index in [1.165, 1.54) is 11.8 Å². The molecular formula is C17H15Cl2N3O2S. The first-order valence-electron chi connectivity index (χ1n) is 7.66. The minimum absolute atomic E-state index is 0.180. The van der Waals surface area contributed by atoms with Crippen molar-refractivity contribution in [3.8, 4) is 5.88 Å². The molecule has 1 aliphatic heterocycles. The van der Waals surface area contributed by atoms with Crippen LogP contribution in [-0.2, 0) is 0 Å². The number of carbonyl (C=O) groups is 1. The van der Waals surface area contributed by atoms with Gasteiger partial charge < -0.3 is 4.74 Å². The zero-order chi connectivity index (χ0) is 17.8. The maximum absolute atomic E-state index is 12.9. The lowest BCUT2D eigenvalue weighted by atomic mass is 10.2. The first-order valence-corrected chi connectivity index (χ1v) is 9.40. The Morgan fingerprint density at radius 1 is 1.36 bits per heavy atom. The molecule has 1 aliphatic rings. The van der Waals surface area contributed by atoms with Crippen LogP contribution >= 0.6 is 35.0 Å². The van der Waals surface area contributed by atoms with Crippen molar-refractivity contribution in [2.75, 3.05) is 18.9 Å². The van der Waals surface area contributed by atoms with Gasteiger partial charge in [0.2, 0.25) is 5.88 Å². The highest BCUT2D eigenvalue weighted by Gasteiger charge is 2.29. The van der Waals surface area contributed by atoms with Crippen molar-refractivity contribution < 1.29 is 9.53 Å². The molecule has 1 saturated heterocycles. The van der Waals surface area contributed by atoms with Crippen LogP contribution in [0.2, 0.25) is 10.0 Å². The van der Waals surface area contributed by atoms with Crippen molar-refractivity contribution in [3.05, 3.63) is 52.1 Å². The largest absolute Gasteiger partial charge is 0.477 e. The average Bonchev–Trinajstić information content (AvgIpc) is 3.06. The second kappa shape index (κ2) is 8.08. The van der Waals surface area contributed by atoms with E-state index < -0.39 is 0 Å². The summed E-state index contributed by atoms with van der Waals surface area (Å²) < 4.78 is 5.46. The number of rotatable bonds is 4. The smallest absolute Gasteiger partial charge is 0.265 e. The molecule has 5 nitrogen and oxygen atoms in total. The number of amidine groups is 1. The molecule has 0 atom stereocenters. The third kappa shape index (κ3) is 4.08. The first kappa shape index (κ1) is 18.0. The van der Waals surface area contributed by atoms with Gasteiger partial charge in [-0.25, -0.2) is 9.98 Å². The molecule has 0 radical (unpaired) electrons. The van der Waals surface area contributed by atoms with Gasteiger partial charge in [-0.2, -0.15) is 0 Å². The normalized spacial score (nSPS) is 15.6. The molecule has 0 N–H and O–H groups in total. The van der Waals surface area contributed by atoms with E-state index in [1.807, 2.05) is 6.92 Å². The Balaban J connectivity index is 1.90. The molecule has 0 spiro atoms. The van der Waals surface area contributed by atoms with Crippen molar-refractivity contribution in [1.29, 1.82) is 0 Å². The van der Waals surface area contributed by atoms with E-state index in [0.717, 1.165) is 5.75 Å². The van der Waals surface area contributed by atoms with Gasteiger partial charge in [-0.05, 0) is 37.3 Å². The number of thioether (sulfide) groups is 1. The molecule has 2 aromatic rings. The number of amides is 1. The number of ether oxygens (including phenoxy) is 1. The number of hydrogen-bond donors (Lipinski definition) is 0. The van der Waals surface area contributed by atoms with Gasteiger partial charge in [-0.3, -0.25) is 9.69 Å². The molecule has 1 amide bonds. The summed E-state index contributed by atoms with van der Waals surface area (Å²) in [6.45, 7) is 2.87. The quantitative estimate of drug-likeness (QED) is 0.754. The summed E-state index contributed by atoms with van der Waals surface area (Å²) in [7, 11) is 0. The lowest BCUT2D eigenvalue weighted by Crippen LogP contribution is -2.32. The number of nitrogens with zero attached hydrogens (tertiary/aromatic N) is 3. The van der Waals surface area contributed by atoms with Gasteiger partial charge in [-0.15, -0.1) is 0 Å². The van der Waals surface area contributed by atoms with Crippen molar-refractivity contribution in [2.24, 2.45) is 4.99 Å². The van der Waals surface area contributed by atoms with Crippen LogP contribution in [0, 0.1) is 0 Å². The van der Waals surface area contributed by atoms with E-state index in [4.69, 9.17) is 27.9 Å². The minimum Gasteiger partial charge on any atom is -0.477 e. The van der Waals surface area contributed by atoms with Gasteiger partial charge in [-0.1, -0.05) is 35.0 Å². The predicted octanol–water partition coefficient (Wildman–Crippen LogP) is 4.66. The number of aromatic nitrogens is 1. The molecule has 3 rings (SSSR count). The van der Waals surface area contributed by atoms with E-state index in [0.29, 0.717) is 45.5 Å². The molecule has 2 heterocycles. The lowest BCUT2D eigenvalue weighted by molar-refractivity contribution is 0.0854. The number of pyridine rings is 1. The molecule has 0 unspecified atom stereocenters. The number of aliphatic imine (C=N–C) groups is 1. The Morgan fingerprint density at radius 2 is 2.20 bits per heavy atom. The average molecular weight is 396 g/mol. The summed E-state index contributed by atoms with van der Waals surface area (Å²) in [6.07, 6.45) is 1.60. The van der Waals surface area contributed by atoms with Crippen molar-refractivity contribution in [2.45, 2.75) is 6.92 Å². The Hall–Kier alpha value is -1.76. The fourth-order valence-corrected chi connectivity index (χ4v) is 3.55. The Labute approximate surface area is 160 Å². The van der Waals surface area contributed by atoms with Crippen LogP contribution in [-0.4, -0.2) is 39.9 Å². The van der Waals surface area contributed by atoms with Gasteiger partial charge in [0.15, 0.2) is 5.17 Å². The number of halogens is 2. The van der Waals surface area contributed by atoms with E-state index in [-0.39, 0.29) is 5.91 Å². The fraction of sp³-hybridized carbons (Fsp3) is 0.235. The number of carbonyl (C=O) groups excluding carboxylic acids is 1. The third-order valence-corrected chi connectivity index (χ3v) is 5.13. The number of hydrogen-bond acceptors (Lipinski definition) is 5. The van der Waals surface area contributed by atoms with Gasteiger partial charge in [0.1, 0.15) is 5.56 Å². The van der Waals surface area contributed by atoms with Crippen LogP contribution < -0.4 is 4.74 Å². The highest BCUT2D eigenvalue weighted by Crippen LogP contribution is 2.30. The zero-order valence-corrected chi connectivity index (χ0v) is 15.7. The molecule has 1 fully saturated rings. The van der Waals surface area contributed by atoms with Crippen LogP contribution in [0.3, 0.4) is 0 Å². The zero-order valence-electron chi connectivity index (χ0n) is 13.4. The first-order chi connectivity index (χ1) is 12.1. The maximum Gasteiger partial charge on any atom is 0.265 e. The fourth-order valence-electron chi connectivity index (χ4n) is 2.30. The second-order valence-corrected chi connectivity index (χ2v) is 6.96. The summed E-state index contributed by atoms with van der Waals surface area (Å²) in [5, 5.41) is 1.51. The summed E-state index contributed by atoms with van der Waals surface area (Å²) in [4.78, 5) is 23.2. The van der Waals surface area contributed by atoms with Crippen LogP contribution in [0.15, 0.2) is 41.5 Å². The predicted molar refractivity (Wildman–Crippen MR) is 102 cm³/mol. The second-order valence-electron chi connectivity index (χ2n) is 5.09. The molecule has 0 aliphatic carbocycles. The topological polar surface area (TPSA) is 54.8 Å². The summed E-state index contributed by atoms with van der Waals surface area (Å²) in [5.74, 6) is 0.928. The van der Waals surface area contributed by atoms with Crippen molar-refractivity contribution in [1.82, 2.24) is 9.88 Å². The van der Waals surface area contributed by atoms with E-state index in [9.17, 15) is 4.79 Å². The van der Waals surface area contributed by atoms with Crippen LogP contribution in [0.4, 0.5) is 5.69 Å². The Morgan fingerprint density at radius 3 is 2.96 bits per heavy atom. The molecule has 8 heteroatoms. The Kier molecular flexibility index (Phi) is 5.83. The van der Waals surface area contributed by atoms with E-state index in [2.05, 4.69) is 9.98 Å². The van der Waals surface area contributed by atoms with Crippen LogP contribution in [0.5, 0.6) is 5.88 Å². The highest BCUT2D eigenvalue weighted by molar-refractivity contribution is 8.14. The van der Waals surface area contributed by atoms with Crippen molar-refractivity contribution in [3.63, 3.8) is 0 Å². The standard InChI is InChI=1S/C17H15Cl2N3O2S/c1-2-24-15-12(4-3-7-20-15)16(23)22-8-9-25-17(22)21-11-5-6-13(18)14(19)10-11/h3-7,10H,2,8-9H2,1H3. The molecule has 1 aromatic carbocycles. The molecule has 0 bridgehead atoms. The van der Waals surface area contributed by atoms with Gasteiger partial charge in [0.05, 0.1) is 22.3 Å². The minimum atomic E-state index is -0.180. The summed E-state index contributed by atoms with van der Waals surface area (Å²) >= 11 is 13.5. The van der Waals surface area contributed by atoms with E-state index in [1.54, 1.807) is 41.4 Å². The van der Waals surface area contributed by atoms with Gasteiger partial charge >= 0.3 is 0 Å². The van der Waals surface area contributed by atoms with Crippen LogP contribution in [0.1, 0.15) is 17.3 Å². The Bertz CT molecular complexity index is 829. The lowest BCUT2D eigenvalue weighted by Gasteiger charge is -2.17. The van der Waals surface area contributed by atoms with Crippen molar-refractivity contribution >= 4 is 51.7 Å². The third-order valence-electron chi connectivity index (χ3n) is 3.43. The highest BCUT2D eigenvalue weighted by atomic mass is 35.5. The molecule has 130 valence electrons. The molecule has 1 aromatic heterocycles. The summed E-state index contributed by atoms with van der Waals surface area (Å²) in [6, 6.07) is 8.55. The molecular weight excluding hydrogens is 381 g/mol. The maximum atomic E-state index is 12.9. The van der Waals surface area contributed by atoms with Crippen LogP contribution in [0.25, 0.3) is 0 Å². The monoisotopic (exact) mass is 395 g/mol. The number of benzene rings is 1.